The highest BCUT2D eigenvalue weighted by Gasteiger charge is 2.30. The molecule has 0 radical (unpaired) electrons. The fourth-order valence-corrected chi connectivity index (χ4v) is 12.3. The Morgan fingerprint density at radius 3 is 0.759 bits per heavy atom. The molecule has 5 atom stereocenters. The Kier molecular flexibility index (Phi) is 75.8. The summed E-state index contributed by atoms with van der Waals surface area (Å²) in [6.07, 6.45) is 93.5. The van der Waals surface area contributed by atoms with Crippen LogP contribution in [0.25, 0.3) is 0 Å². The van der Waals surface area contributed by atoms with Crippen LogP contribution in [0.1, 0.15) is 323 Å². The quantitative estimate of drug-likeness (QED) is 0.0169. The van der Waals surface area contributed by atoms with Gasteiger partial charge in [-0.05, 0) is 167 Å². The Labute approximate surface area is 655 Å². The number of carbonyl (C=O) groups is 4. The van der Waals surface area contributed by atoms with Crippen molar-refractivity contribution in [3.05, 3.63) is 158 Å². The smallest absolute Gasteiger partial charge is 0.462 e. The van der Waals surface area contributed by atoms with Crippen LogP contribution in [0.3, 0.4) is 0 Å². The van der Waals surface area contributed by atoms with Crippen LogP contribution in [-0.4, -0.2) is 96.7 Å². The predicted molar refractivity (Wildman–Crippen MR) is 445 cm³/mol. The maximum absolute atomic E-state index is 13.1. The van der Waals surface area contributed by atoms with Gasteiger partial charge in [-0.25, -0.2) is 9.13 Å². The summed E-state index contributed by atoms with van der Waals surface area (Å²) in [5.41, 5.74) is 0. The minimum atomic E-state index is -5.00. The molecule has 5 unspecified atom stereocenters. The van der Waals surface area contributed by atoms with E-state index in [2.05, 4.69) is 186 Å². The van der Waals surface area contributed by atoms with E-state index < -0.39 is 97.5 Å². The van der Waals surface area contributed by atoms with E-state index in [1.807, 2.05) is 0 Å². The van der Waals surface area contributed by atoms with E-state index in [-0.39, 0.29) is 25.7 Å². The fourth-order valence-electron chi connectivity index (χ4n) is 10.7. The first kappa shape index (κ1) is 103. The Morgan fingerprint density at radius 1 is 0.269 bits per heavy atom. The predicted octanol–water partition coefficient (Wildman–Crippen LogP) is 24.8. The molecule has 0 spiro atoms. The largest absolute Gasteiger partial charge is 0.472 e. The number of phosphoric ester groups is 2. The molecule has 0 amide bonds. The standard InChI is InChI=1S/C89H148O17P2/c1-5-9-13-17-21-25-29-33-37-39-41-43-47-49-53-57-61-65-69-73-86(91)99-79-84(105-88(93)75-71-67-63-59-55-51-45-35-31-27-23-19-15-11-7-3)81-103-107(95,96)101-77-83(90)78-102-108(97,98)104-82-85(106-89(94)76-72-68-64-60-56-52-46-36-32-28-24-20-16-12-8-4)80-100-87(92)74-70-66-62-58-54-50-48-44-42-40-38-34-30-26-22-18-14-10-6-2/h9-11,13-15,21-23,25-27,33-38,41-46,49,53,83-85,90H,5-8,12,16-20,24,28-32,39-40,47-48,50-52,54-82H2,1-4H3,(H,95,96)(H,97,98)/b13-9-,14-10-,15-11-,25-21-,26-22-,27-23-,37-33-,38-34-,43-41-,44-42-,45-35-,46-36-,53-49-. The third-order valence-corrected chi connectivity index (χ3v) is 18.9. The van der Waals surface area contributed by atoms with Gasteiger partial charge in [-0.2, -0.15) is 0 Å². The summed E-state index contributed by atoms with van der Waals surface area (Å²) in [6, 6.07) is 0. The lowest BCUT2D eigenvalue weighted by Crippen LogP contribution is -2.30. The second-order valence-electron chi connectivity index (χ2n) is 27.3. The van der Waals surface area contributed by atoms with Crippen LogP contribution in [0.5, 0.6) is 0 Å². The highest BCUT2D eigenvalue weighted by molar-refractivity contribution is 7.47. The first-order chi connectivity index (χ1) is 52.7. The summed E-state index contributed by atoms with van der Waals surface area (Å²) in [4.78, 5) is 73.2. The van der Waals surface area contributed by atoms with E-state index >= 15 is 0 Å². The van der Waals surface area contributed by atoms with Gasteiger partial charge in [0.2, 0.25) is 0 Å². The average molecular weight is 1550 g/mol. The number of phosphoric acid groups is 2. The number of aliphatic hydroxyl groups excluding tert-OH is 1. The summed E-state index contributed by atoms with van der Waals surface area (Å²) in [5.74, 6) is -2.26. The fraction of sp³-hybridized carbons (Fsp3) is 0.663. The van der Waals surface area contributed by atoms with E-state index in [0.29, 0.717) is 25.7 Å². The van der Waals surface area contributed by atoms with Crippen molar-refractivity contribution >= 4 is 39.5 Å². The van der Waals surface area contributed by atoms with Gasteiger partial charge in [0, 0.05) is 25.7 Å². The Bertz CT molecular complexity index is 2660. The lowest BCUT2D eigenvalue weighted by Gasteiger charge is -2.21. The molecule has 0 heterocycles. The van der Waals surface area contributed by atoms with Crippen LogP contribution in [-0.2, 0) is 65.4 Å². The first-order valence-electron chi connectivity index (χ1n) is 41.7. The third kappa shape index (κ3) is 78.8. The van der Waals surface area contributed by atoms with Gasteiger partial charge in [0.25, 0.3) is 0 Å². The molecule has 17 nitrogen and oxygen atoms in total. The van der Waals surface area contributed by atoms with Crippen molar-refractivity contribution in [3.8, 4) is 0 Å². The molecular formula is C89H148O17P2. The van der Waals surface area contributed by atoms with Crippen LogP contribution in [0.4, 0.5) is 0 Å². The zero-order chi connectivity index (χ0) is 78.9. The molecule has 0 fully saturated rings. The summed E-state index contributed by atoms with van der Waals surface area (Å²) < 4.78 is 68.7. The van der Waals surface area contributed by atoms with E-state index in [4.69, 9.17) is 37.0 Å². The maximum Gasteiger partial charge on any atom is 0.472 e. The second-order valence-corrected chi connectivity index (χ2v) is 30.2. The van der Waals surface area contributed by atoms with Crippen LogP contribution in [0.2, 0.25) is 0 Å². The highest BCUT2D eigenvalue weighted by Crippen LogP contribution is 2.45. The monoisotopic (exact) mass is 1550 g/mol. The molecule has 0 bridgehead atoms. The first-order valence-corrected chi connectivity index (χ1v) is 44.7. The number of hydrogen-bond donors (Lipinski definition) is 3. The second kappa shape index (κ2) is 79.8. The number of esters is 4. The van der Waals surface area contributed by atoms with Gasteiger partial charge in [-0.1, -0.05) is 288 Å². The highest BCUT2D eigenvalue weighted by atomic mass is 31.2. The van der Waals surface area contributed by atoms with Crippen molar-refractivity contribution in [1.29, 1.82) is 0 Å². The number of allylic oxidation sites excluding steroid dienone is 26. The zero-order valence-corrected chi connectivity index (χ0v) is 69.3. The van der Waals surface area contributed by atoms with Crippen molar-refractivity contribution < 1.29 is 80.2 Å². The molecule has 3 N–H and O–H groups in total. The van der Waals surface area contributed by atoms with Gasteiger partial charge in [0.05, 0.1) is 26.4 Å². The van der Waals surface area contributed by atoms with E-state index in [0.717, 1.165) is 205 Å². The molecule has 108 heavy (non-hydrogen) atoms. The molecule has 0 aromatic heterocycles. The number of aliphatic hydroxyl groups is 1. The number of rotatable bonds is 77. The molecular weight excluding hydrogens is 1400 g/mol. The van der Waals surface area contributed by atoms with E-state index in [9.17, 15) is 43.2 Å². The Balaban J connectivity index is 5.43. The summed E-state index contributed by atoms with van der Waals surface area (Å²) in [7, 11) is -9.99. The molecule has 19 heteroatoms. The minimum Gasteiger partial charge on any atom is -0.462 e. The van der Waals surface area contributed by atoms with Gasteiger partial charge in [0.15, 0.2) is 12.2 Å². The van der Waals surface area contributed by atoms with Crippen LogP contribution < -0.4 is 0 Å². The number of carbonyl (C=O) groups excluding carboxylic acids is 4. The Morgan fingerprint density at radius 2 is 0.481 bits per heavy atom. The normalized spacial score (nSPS) is 14.6. The average Bonchev–Trinajstić information content (AvgIpc) is 0.923. The third-order valence-electron chi connectivity index (χ3n) is 17.0. The van der Waals surface area contributed by atoms with E-state index in [1.54, 1.807) is 0 Å². The maximum atomic E-state index is 13.1. The summed E-state index contributed by atoms with van der Waals surface area (Å²) >= 11 is 0. The minimum absolute atomic E-state index is 0.0627. The van der Waals surface area contributed by atoms with Crippen molar-refractivity contribution in [3.63, 3.8) is 0 Å². The van der Waals surface area contributed by atoms with Gasteiger partial charge >= 0.3 is 39.5 Å². The number of unbranched alkanes of at least 4 members (excludes halogenated alkanes) is 25. The molecule has 0 saturated carbocycles. The van der Waals surface area contributed by atoms with Gasteiger partial charge in [-0.3, -0.25) is 37.3 Å². The van der Waals surface area contributed by atoms with Crippen molar-refractivity contribution in [1.82, 2.24) is 0 Å². The zero-order valence-electron chi connectivity index (χ0n) is 67.5. The number of ether oxygens (including phenoxy) is 4. The number of hydrogen-bond acceptors (Lipinski definition) is 15. The molecule has 0 aromatic rings. The molecule has 0 aromatic carbocycles. The topological polar surface area (TPSA) is 237 Å². The van der Waals surface area contributed by atoms with Gasteiger partial charge in [0.1, 0.15) is 19.3 Å². The van der Waals surface area contributed by atoms with Crippen LogP contribution in [0, 0.1) is 0 Å². The van der Waals surface area contributed by atoms with Gasteiger partial charge < -0.3 is 33.8 Å². The van der Waals surface area contributed by atoms with Crippen LogP contribution >= 0.6 is 15.6 Å². The van der Waals surface area contributed by atoms with Crippen molar-refractivity contribution in [2.45, 2.75) is 341 Å². The van der Waals surface area contributed by atoms with Crippen LogP contribution in [0.15, 0.2) is 158 Å². The summed E-state index contributed by atoms with van der Waals surface area (Å²) in [6.45, 7) is 4.47. The lowest BCUT2D eigenvalue weighted by atomic mass is 10.1. The van der Waals surface area contributed by atoms with Crippen molar-refractivity contribution in [2.24, 2.45) is 0 Å². The lowest BCUT2D eigenvalue weighted by molar-refractivity contribution is -0.161. The van der Waals surface area contributed by atoms with Crippen molar-refractivity contribution in [2.75, 3.05) is 39.6 Å². The molecule has 0 aliphatic heterocycles. The van der Waals surface area contributed by atoms with E-state index in [1.165, 1.54) is 38.5 Å². The van der Waals surface area contributed by atoms with Gasteiger partial charge in [-0.15, -0.1) is 0 Å². The summed E-state index contributed by atoms with van der Waals surface area (Å²) in [5, 5.41) is 10.7. The molecule has 0 aliphatic rings. The SMILES string of the molecule is CC/C=C\C/C=C\C/C=C\C/C=C\C/C=C\CCCCCC(=O)OCC(COP(=O)(O)OCC(O)COP(=O)(O)OCC(COC(=O)CCCCCCCC/C=C\C/C=C\C/C=C\C/C=C\CC)OC(=O)CCCCCCC/C=C\CCCCCCCC)OC(=O)CCCCCCC/C=C\C/C=C\C/C=C\CC. The molecule has 0 aliphatic carbocycles. The Hall–Kier alpha value is -5.32. The molecule has 0 saturated heterocycles. The molecule has 616 valence electrons. The molecule has 0 rings (SSSR count).